The number of anilines is 1. The molecule has 0 aromatic carbocycles. The van der Waals surface area contributed by atoms with Crippen molar-refractivity contribution in [2.45, 2.75) is 33.1 Å². The molecule has 0 atom stereocenters. The number of hydrogen-bond donors (Lipinski definition) is 0. The third-order valence-corrected chi connectivity index (χ3v) is 4.25. The summed E-state index contributed by atoms with van der Waals surface area (Å²) in [5, 5.41) is 4.23. The Balaban J connectivity index is 1.67. The van der Waals surface area contributed by atoms with Crippen LogP contribution in [0.4, 0.5) is 5.82 Å². The van der Waals surface area contributed by atoms with Crippen LogP contribution in [-0.2, 0) is 4.79 Å². The normalized spacial score (nSPS) is 14.9. The van der Waals surface area contributed by atoms with Gasteiger partial charge in [0.2, 0.25) is 5.91 Å². The first-order valence-corrected chi connectivity index (χ1v) is 8.56. The van der Waals surface area contributed by atoms with E-state index >= 15 is 0 Å². The summed E-state index contributed by atoms with van der Waals surface area (Å²) in [6, 6.07) is 3.83. The maximum absolute atomic E-state index is 12.1. The van der Waals surface area contributed by atoms with Crippen LogP contribution in [0.3, 0.4) is 0 Å². The van der Waals surface area contributed by atoms with Gasteiger partial charge in [0.05, 0.1) is 0 Å². The Labute approximate surface area is 142 Å². The zero-order valence-corrected chi connectivity index (χ0v) is 14.4. The Kier molecular flexibility index (Phi) is 5.08. The van der Waals surface area contributed by atoms with Gasteiger partial charge < -0.3 is 9.80 Å². The zero-order chi connectivity index (χ0) is 16.9. The number of carbonyl (C=O) groups excluding carboxylic acids is 1. The number of unbranched alkanes of at least 4 members (excludes halogenated alkanes) is 1. The van der Waals surface area contributed by atoms with Gasteiger partial charge in [-0.2, -0.15) is 5.10 Å². The number of hydrogen-bond acceptors (Lipinski definition) is 5. The summed E-state index contributed by atoms with van der Waals surface area (Å²) in [5.41, 5.74) is 0. The quantitative estimate of drug-likeness (QED) is 0.837. The molecule has 1 aliphatic heterocycles. The summed E-state index contributed by atoms with van der Waals surface area (Å²) in [7, 11) is 0. The van der Waals surface area contributed by atoms with Crippen molar-refractivity contribution in [3.63, 3.8) is 0 Å². The molecule has 2 aromatic rings. The minimum Gasteiger partial charge on any atom is -0.353 e. The molecule has 128 valence electrons. The van der Waals surface area contributed by atoms with Crippen LogP contribution in [-0.4, -0.2) is 56.7 Å². The average Bonchev–Trinajstić information content (AvgIpc) is 3.14. The van der Waals surface area contributed by atoms with Crippen LogP contribution >= 0.6 is 0 Å². The number of carbonyl (C=O) groups is 1. The number of aromatic nitrogens is 4. The van der Waals surface area contributed by atoms with E-state index in [1.54, 1.807) is 10.9 Å². The lowest BCUT2D eigenvalue weighted by atomic mass is 10.2. The summed E-state index contributed by atoms with van der Waals surface area (Å²) in [4.78, 5) is 25.3. The maximum atomic E-state index is 12.1. The number of nitrogens with zero attached hydrogens (tertiary/aromatic N) is 6. The van der Waals surface area contributed by atoms with Gasteiger partial charge >= 0.3 is 0 Å². The Hall–Kier alpha value is -2.44. The lowest BCUT2D eigenvalue weighted by molar-refractivity contribution is -0.131. The molecule has 0 radical (unpaired) electrons. The van der Waals surface area contributed by atoms with Crippen molar-refractivity contribution >= 4 is 11.7 Å². The highest BCUT2D eigenvalue weighted by Gasteiger charge is 2.22. The van der Waals surface area contributed by atoms with Gasteiger partial charge in [0.25, 0.3) is 0 Å². The molecule has 3 heterocycles. The second-order valence-corrected chi connectivity index (χ2v) is 6.05. The number of amides is 1. The molecule has 24 heavy (non-hydrogen) atoms. The molecule has 0 spiro atoms. The predicted octanol–water partition coefficient (Wildman–Crippen LogP) is 1.81. The Bertz CT molecular complexity index is 676. The van der Waals surface area contributed by atoms with Crippen LogP contribution in [0.15, 0.2) is 24.5 Å². The van der Waals surface area contributed by atoms with Gasteiger partial charge in [-0.15, -0.1) is 0 Å². The maximum Gasteiger partial charge on any atom is 0.222 e. The van der Waals surface area contributed by atoms with Crippen molar-refractivity contribution in [3.05, 3.63) is 30.4 Å². The van der Waals surface area contributed by atoms with Gasteiger partial charge in [-0.05, 0) is 19.4 Å². The molecule has 1 fully saturated rings. The zero-order valence-electron chi connectivity index (χ0n) is 14.4. The minimum atomic E-state index is 0.271. The van der Waals surface area contributed by atoms with Crippen molar-refractivity contribution in [3.8, 4) is 5.82 Å². The molecular weight excluding hydrogens is 304 g/mol. The molecule has 2 aromatic heterocycles. The molecule has 1 saturated heterocycles. The van der Waals surface area contributed by atoms with Crippen LogP contribution in [0.25, 0.3) is 5.82 Å². The second-order valence-electron chi connectivity index (χ2n) is 6.05. The molecule has 0 unspecified atom stereocenters. The van der Waals surface area contributed by atoms with Gasteiger partial charge in [-0.25, -0.2) is 14.6 Å². The van der Waals surface area contributed by atoms with E-state index in [0.717, 1.165) is 56.5 Å². The molecular formula is C17H24N6O. The molecule has 1 aliphatic rings. The standard InChI is InChI=1S/C17H24N6O/c1-3-4-6-17(24)22-11-9-21(10-12-22)15-13-16(20-14(2)19-15)23-8-5-7-18-23/h5,7-8,13H,3-4,6,9-12H2,1-2H3. The molecule has 7 nitrogen and oxygen atoms in total. The highest BCUT2D eigenvalue weighted by Crippen LogP contribution is 2.17. The highest BCUT2D eigenvalue weighted by molar-refractivity contribution is 5.76. The summed E-state index contributed by atoms with van der Waals surface area (Å²) in [5.74, 6) is 2.66. The molecule has 0 saturated carbocycles. The fraction of sp³-hybridized carbons (Fsp3) is 0.529. The SMILES string of the molecule is CCCCC(=O)N1CCN(c2cc(-n3cccn3)nc(C)n2)CC1. The van der Waals surface area contributed by atoms with E-state index in [1.165, 1.54) is 0 Å². The Morgan fingerprint density at radius 1 is 1.17 bits per heavy atom. The van der Waals surface area contributed by atoms with Crippen LogP contribution in [0, 0.1) is 6.92 Å². The monoisotopic (exact) mass is 328 g/mol. The van der Waals surface area contributed by atoms with Crippen LogP contribution in [0.2, 0.25) is 0 Å². The third-order valence-electron chi connectivity index (χ3n) is 4.25. The Morgan fingerprint density at radius 2 is 1.92 bits per heavy atom. The summed E-state index contributed by atoms with van der Waals surface area (Å²) >= 11 is 0. The van der Waals surface area contributed by atoms with E-state index in [4.69, 9.17) is 0 Å². The summed E-state index contributed by atoms with van der Waals surface area (Å²) < 4.78 is 1.74. The van der Waals surface area contributed by atoms with Gasteiger partial charge in [0.15, 0.2) is 5.82 Å². The largest absolute Gasteiger partial charge is 0.353 e. The van der Waals surface area contributed by atoms with E-state index in [0.29, 0.717) is 6.42 Å². The second kappa shape index (κ2) is 7.42. The summed E-state index contributed by atoms with van der Waals surface area (Å²) in [6.07, 6.45) is 6.29. The van der Waals surface area contributed by atoms with Crippen molar-refractivity contribution < 1.29 is 4.79 Å². The predicted molar refractivity (Wildman–Crippen MR) is 92.2 cm³/mol. The van der Waals surface area contributed by atoms with Crippen LogP contribution in [0.1, 0.15) is 32.0 Å². The fourth-order valence-electron chi connectivity index (χ4n) is 2.89. The van der Waals surface area contributed by atoms with Crippen molar-refractivity contribution in [1.82, 2.24) is 24.6 Å². The van der Waals surface area contributed by atoms with Crippen molar-refractivity contribution in [2.75, 3.05) is 31.1 Å². The molecule has 0 bridgehead atoms. The van der Waals surface area contributed by atoms with E-state index in [9.17, 15) is 4.79 Å². The Morgan fingerprint density at radius 3 is 2.58 bits per heavy atom. The molecule has 0 aliphatic carbocycles. The number of aryl methyl sites for hydroxylation is 1. The van der Waals surface area contributed by atoms with Gasteiger partial charge in [0, 0.05) is 51.1 Å². The van der Waals surface area contributed by atoms with Gasteiger partial charge in [-0.1, -0.05) is 13.3 Å². The number of rotatable bonds is 5. The van der Waals surface area contributed by atoms with Gasteiger partial charge in [-0.3, -0.25) is 4.79 Å². The summed E-state index contributed by atoms with van der Waals surface area (Å²) in [6.45, 7) is 7.10. The molecule has 1 amide bonds. The van der Waals surface area contributed by atoms with Crippen molar-refractivity contribution in [1.29, 1.82) is 0 Å². The average molecular weight is 328 g/mol. The van der Waals surface area contributed by atoms with E-state index in [-0.39, 0.29) is 5.91 Å². The van der Waals surface area contributed by atoms with E-state index in [1.807, 2.05) is 30.2 Å². The van der Waals surface area contributed by atoms with Crippen molar-refractivity contribution in [2.24, 2.45) is 0 Å². The lowest BCUT2D eigenvalue weighted by Gasteiger charge is -2.35. The first-order valence-electron chi connectivity index (χ1n) is 8.56. The topological polar surface area (TPSA) is 67.2 Å². The van der Waals surface area contributed by atoms with E-state index in [2.05, 4.69) is 26.9 Å². The molecule has 3 rings (SSSR count). The fourth-order valence-corrected chi connectivity index (χ4v) is 2.89. The minimum absolute atomic E-state index is 0.271. The lowest BCUT2D eigenvalue weighted by Crippen LogP contribution is -2.49. The molecule has 7 heteroatoms. The third kappa shape index (κ3) is 3.72. The first kappa shape index (κ1) is 16.4. The van der Waals surface area contributed by atoms with Gasteiger partial charge in [0.1, 0.15) is 11.6 Å². The molecule has 0 N–H and O–H groups in total. The highest BCUT2D eigenvalue weighted by atomic mass is 16.2. The van der Waals surface area contributed by atoms with E-state index < -0.39 is 0 Å². The van der Waals surface area contributed by atoms with Crippen LogP contribution < -0.4 is 4.90 Å². The first-order chi connectivity index (χ1) is 11.7. The van der Waals surface area contributed by atoms with Crippen LogP contribution in [0.5, 0.6) is 0 Å². The number of piperazine rings is 1. The smallest absolute Gasteiger partial charge is 0.222 e.